The van der Waals surface area contributed by atoms with E-state index in [-0.39, 0.29) is 6.54 Å². The second-order valence-corrected chi connectivity index (χ2v) is 5.38. The van der Waals surface area contributed by atoms with Crippen LogP contribution < -0.4 is 4.72 Å². The Labute approximate surface area is 83.2 Å². The number of nitrogens with zero attached hydrogens (tertiary/aromatic N) is 1. The van der Waals surface area contributed by atoms with Gasteiger partial charge >= 0.3 is 0 Å². The first-order valence-corrected chi connectivity index (χ1v) is 5.51. The highest BCUT2D eigenvalue weighted by atomic mass is 32.2. The number of hydrogen-bond acceptors (Lipinski definition) is 5. The quantitative estimate of drug-likeness (QED) is 0.527. The maximum Gasteiger partial charge on any atom is 0.227 e. The molecule has 0 saturated carbocycles. The zero-order valence-corrected chi connectivity index (χ0v) is 8.87. The Balaban J connectivity index is 4.36. The molecule has 0 aromatic carbocycles. The molecule has 0 aliphatic carbocycles. The Morgan fingerprint density at radius 2 is 2.14 bits per heavy atom. The zero-order valence-electron chi connectivity index (χ0n) is 8.06. The molecule has 3 N–H and O–H groups in total. The van der Waals surface area contributed by atoms with Crippen LogP contribution in [0.3, 0.4) is 0 Å². The molecule has 0 rings (SSSR count). The summed E-state index contributed by atoms with van der Waals surface area (Å²) in [6, 6.07) is 1.56. The second-order valence-electron chi connectivity index (χ2n) is 3.29. The van der Waals surface area contributed by atoms with E-state index in [1.54, 1.807) is 6.07 Å². The number of aliphatic hydroxyl groups is 2. The van der Waals surface area contributed by atoms with Crippen molar-refractivity contribution in [3.05, 3.63) is 0 Å². The molecule has 0 spiro atoms. The van der Waals surface area contributed by atoms with Gasteiger partial charge in [-0.05, 0) is 13.8 Å². The summed E-state index contributed by atoms with van der Waals surface area (Å²) in [4.78, 5) is 0. The van der Waals surface area contributed by atoms with Crippen molar-refractivity contribution < 1.29 is 18.6 Å². The van der Waals surface area contributed by atoms with Gasteiger partial charge in [0.25, 0.3) is 0 Å². The van der Waals surface area contributed by atoms with Gasteiger partial charge < -0.3 is 10.2 Å². The van der Waals surface area contributed by atoms with Gasteiger partial charge in [-0.1, -0.05) is 0 Å². The Bertz CT molecular complexity index is 317. The van der Waals surface area contributed by atoms with Crippen molar-refractivity contribution >= 4 is 10.0 Å². The lowest BCUT2D eigenvalue weighted by molar-refractivity contribution is 0.00679. The SMILES string of the molecule is CC(C#N)S(=O)(=O)NCC(C)(O)CO. The first-order valence-electron chi connectivity index (χ1n) is 3.96. The molecule has 0 aromatic heterocycles. The number of sulfonamides is 1. The smallest absolute Gasteiger partial charge is 0.227 e. The Hall–Kier alpha value is -0.680. The van der Waals surface area contributed by atoms with Crippen LogP contribution in [-0.4, -0.2) is 42.6 Å². The number of nitriles is 1. The zero-order chi connectivity index (χ0) is 11.4. The number of rotatable bonds is 5. The summed E-state index contributed by atoms with van der Waals surface area (Å²) in [6.45, 7) is 1.64. The third kappa shape index (κ3) is 4.02. The molecule has 0 radical (unpaired) electrons. The van der Waals surface area contributed by atoms with Crippen molar-refractivity contribution in [1.82, 2.24) is 4.72 Å². The normalized spacial score (nSPS) is 18.2. The van der Waals surface area contributed by atoms with Crippen LogP contribution in [0.2, 0.25) is 0 Å². The van der Waals surface area contributed by atoms with Crippen LogP contribution in [0, 0.1) is 11.3 Å². The maximum atomic E-state index is 11.2. The van der Waals surface area contributed by atoms with Crippen molar-refractivity contribution in [1.29, 1.82) is 5.26 Å². The summed E-state index contributed by atoms with van der Waals surface area (Å²) in [5, 5.41) is 25.1. The van der Waals surface area contributed by atoms with Gasteiger partial charge in [0.05, 0.1) is 18.3 Å². The average molecular weight is 222 g/mol. The van der Waals surface area contributed by atoms with E-state index in [1.165, 1.54) is 13.8 Å². The fourth-order valence-corrected chi connectivity index (χ4v) is 1.41. The number of hydrogen-bond donors (Lipinski definition) is 3. The van der Waals surface area contributed by atoms with Crippen LogP contribution in [0.1, 0.15) is 13.8 Å². The van der Waals surface area contributed by atoms with Gasteiger partial charge in [0.2, 0.25) is 10.0 Å². The fraction of sp³-hybridized carbons (Fsp3) is 0.857. The van der Waals surface area contributed by atoms with Crippen molar-refractivity contribution in [2.45, 2.75) is 24.7 Å². The average Bonchev–Trinajstić information content (AvgIpc) is 2.14. The van der Waals surface area contributed by atoms with Crippen LogP contribution in [0.15, 0.2) is 0 Å². The van der Waals surface area contributed by atoms with Crippen LogP contribution in [0.5, 0.6) is 0 Å². The van der Waals surface area contributed by atoms with Gasteiger partial charge in [0.15, 0.2) is 5.25 Å². The summed E-state index contributed by atoms with van der Waals surface area (Å²) in [5.74, 6) is 0. The predicted molar refractivity (Wildman–Crippen MR) is 49.7 cm³/mol. The molecule has 0 amide bonds. The summed E-state index contributed by atoms with van der Waals surface area (Å²) < 4.78 is 24.4. The van der Waals surface area contributed by atoms with Crippen LogP contribution in [0.4, 0.5) is 0 Å². The van der Waals surface area contributed by atoms with E-state index >= 15 is 0 Å². The lowest BCUT2D eigenvalue weighted by Gasteiger charge is -2.20. The first-order chi connectivity index (χ1) is 6.25. The predicted octanol–water partition coefficient (Wildman–Crippen LogP) is -1.44. The molecule has 0 heterocycles. The molecule has 0 fully saturated rings. The van der Waals surface area contributed by atoms with Gasteiger partial charge in [-0.25, -0.2) is 13.1 Å². The summed E-state index contributed by atoms with van der Waals surface area (Å²) in [5.41, 5.74) is -1.51. The Kier molecular flexibility index (Phi) is 4.48. The molecule has 0 aromatic rings. The van der Waals surface area contributed by atoms with Crippen LogP contribution in [0.25, 0.3) is 0 Å². The van der Waals surface area contributed by atoms with Gasteiger partial charge in [0, 0.05) is 6.54 Å². The number of aliphatic hydroxyl groups excluding tert-OH is 1. The third-order valence-electron chi connectivity index (χ3n) is 1.64. The molecule has 7 heteroatoms. The lowest BCUT2D eigenvalue weighted by Crippen LogP contribution is -2.45. The molecule has 0 aliphatic rings. The first kappa shape index (κ1) is 13.3. The van der Waals surface area contributed by atoms with E-state index in [9.17, 15) is 13.5 Å². The molecule has 0 saturated heterocycles. The van der Waals surface area contributed by atoms with Crippen molar-refractivity contribution in [3.63, 3.8) is 0 Å². The molecule has 82 valence electrons. The van der Waals surface area contributed by atoms with E-state index in [0.717, 1.165) is 0 Å². The van der Waals surface area contributed by atoms with E-state index in [0.29, 0.717) is 0 Å². The maximum absolute atomic E-state index is 11.2. The minimum atomic E-state index is -3.74. The molecule has 6 nitrogen and oxygen atoms in total. The largest absolute Gasteiger partial charge is 0.393 e. The molecule has 2 unspecified atom stereocenters. The highest BCUT2D eigenvalue weighted by Crippen LogP contribution is 2.02. The standard InChI is InChI=1S/C7H14N2O4S/c1-6(3-8)14(12,13)9-4-7(2,11)5-10/h6,9-11H,4-5H2,1-2H3. The minimum Gasteiger partial charge on any atom is -0.393 e. The molecular weight excluding hydrogens is 208 g/mol. The lowest BCUT2D eigenvalue weighted by atomic mass is 10.1. The molecular formula is C7H14N2O4S. The van der Waals surface area contributed by atoms with E-state index in [1.807, 2.05) is 4.72 Å². The molecule has 0 aliphatic heterocycles. The molecule has 2 atom stereocenters. The highest BCUT2D eigenvalue weighted by Gasteiger charge is 2.25. The van der Waals surface area contributed by atoms with Gasteiger partial charge in [-0.2, -0.15) is 5.26 Å². The minimum absolute atomic E-state index is 0.322. The van der Waals surface area contributed by atoms with E-state index in [4.69, 9.17) is 10.4 Å². The topological polar surface area (TPSA) is 110 Å². The van der Waals surface area contributed by atoms with Crippen molar-refractivity contribution in [2.75, 3.05) is 13.2 Å². The Morgan fingerprint density at radius 1 is 1.64 bits per heavy atom. The summed E-state index contributed by atoms with van der Waals surface area (Å²) in [6.07, 6.45) is 0. The van der Waals surface area contributed by atoms with Gasteiger partial charge in [0.1, 0.15) is 0 Å². The van der Waals surface area contributed by atoms with E-state index in [2.05, 4.69) is 0 Å². The van der Waals surface area contributed by atoms with Crippen LogP contribution in [-0.2, 0) is 10.0 Å². The van der Waals surface area contributed by atoms with Crippen molar-refractivity contribution in [2.24, 2.45) is 0 Å². The molecule has 14 heavy (non-hydrogen) atoms. The van der Waals surface area contributed by atoms with E-state index < -0.39 is 27.5 Å². The van der Waals surface area contributed by atoms with Gasteiger partial charge in [-0.3, -0.25) is 0 Å². The monoisotopic (exact) mass is 222 g/mol. The number of nitrogens with one attached hydrogen (secondary N) is 1. The fourth-order valence-electron chi connectivity index (χ4n) is 0.506. The summed E-state index contributed by atoms with van der Waals surface area (Å²) >= 11 is 0. The second kappa shape index (κ2) is 4.70. The highest BCUT2D eigenvalue weighted by molar-refractivity contribution is 7.90. The Morgan fingerprint density at radius 3 is 2.50 bits per heavy atom. The third-order valence-corrected chi connectivity index (χ3v) is 3.23. The summed E-state index contributed by atoms with van der Waals surface area (Å²) in [7, 11) is -3.74. The molecule has 0 bridgehead atoms. The van der Waals surface area contributed by atoms with Gasteiger partial charge in [-0.15, -0.1) is 0 Å². The van der Waals surface area contributed by atoms with Crippen molar-refractivity contribution in [3.8, 4) is 6.07 Å². The van der Waals surface area contributed by atoms with Crippen LogP contribution >= 0.6 is 0 Å².